The van der Waals surface area contributed by atoms with Crippen molar-refractivity contribution < 1.29 is 19.8 Å². The molecular weight excluding hydrogens is 184 g/mol. The summed E-state index contributed by atoms with van der Waals surface area (Å²) in [6, 6.07) is 0. The molecule has 1 atom stereocenters. The molecular formula is C10H18O4. The van der Waals surface area contributed by atoms with Crippen molar-refractivity contribution in [2.45, 2.75) is 51.6 Å². The molecule has 4 heteroatoms. The maximum atomic E-state index is 10.7. The van der Waals surface area contributed by atoms with Crippen LogP contribution in [0.4, 0.5) is 0 Å². The molecule has 0 spiro atoms. The van der Waals surface area contributed by atoms with Crippen molar-refractivity contribution in [2.24, 2.45) is 0 Å². The first kappa shape index (κ1) is 13.1. The SMILES string of the molecule is CCCCCC(O)CCC(=O)C(=O)O. The van der Waals surface area contributed by atoms with Crippen LogP contribution in [0.3, 0.4) is 0 Å². The number of carboxylic acid groups (broad SMARTS) is 1. The predicted molar refractivity (Wildman–Crippen MR) is 52.0 cm³/mol. The molecule has 0 heterocycles. The largest absolute Gasteiger partial charge is 0.476 e. The lowest BCUT2D eigenvalue weighted by molar-refractivity contribution is -0.149. The number of ketones is 1. The van der Waals surface area contributed by atoms with Gasteiger partial charge in [-0.05, 0) is 12.8 Å². The van der Waals surface area contributed by atoms with Crippen molar-refractivity contribution in [1.29, 1.82) is 0 Å². The fourth-order valence-electron chi connectivity index (χ4n) is 1.18. The average Bonchev–Trinajstić information content (AvgIpc) is 2.14. The van der Waals surface area contributed by atoms with E-state index in [9.17, 15) is 14.7 Å². The van der Waals surface area contributed by atoms with Crippen LogP contribution in [-0.4, -0.2) is 28.1 Å². The van der Waals surface area contributed by atoms with Gasteiger partial charge in [0, 0.05) is 6.42 Å². The molecule has 0 aliphatic carbocycles. The zero-order valence-electron chi connectivity index (χ0n) is 8.53. The van der Waals surface area contributed by atoms with Gasteiger partial charge in [0.2, 0.25) is 5.78 Å². The molecule has 0 aromatic heterocycles. The summed E-state index contributed by atoms with van der Waals surface area (Å²) in [6.45, 7) is 2.07. The van der Waals surface area contributed by atoms with E-state index < -0.39 is 17.9 Å². The molecule has 2 N–H and O–H groups in total. The van der Waals surface area contributed by atoms with Gasteiger partial charge >= 0.3 is 5.97 Å². The minimum atomic E-state index is -1.41. The van der Waals surface area contributed by atoms with Crippen LogP contribution in [0.1, 0.15) is 45.4 Å². The molecule has 0 saturated carbocycles. The number of aliphatic carboxylic acids is 1. The summed E-state index contributed by atoms with van der Waals surface area (Å²) in [5, 5.41) is 17.6. The van der Waals surface area contributed by atoms with Crippen molar-refractivity contribution >= 4 is 11.8 Å². The second kappa shape index (κ2) is 7.50. The van der Waals surface area contributed by atoms with Crippen LogP contribution in [0.5, 0.6) is 0 Å². The van der Waals surface area contributed by atoms with Crippen LogP contribution in [0, 0.1) is 0 Å². The first-order valence-corrected chi connectivity index (χ1v) is 5.02. The third-order valence-corrected chi connectivity index (χ3v) is 2.08. The Morgan fingerprint density at radius 3 is 2.36 bits per heavy atom. The molecule has 0 fully saturated rings. The number of hydrogen-bond donors (Lipinski definition) is 2. The second-order valence-corrected chi connectivity index (χ2v) is 3.42. The van der Waals surface area contributed by atoms with Crippen LogP contribution in [0.2, 0.25) is 0 Å². The average molecular weight is 202 g/mol. The standard InChI is InChI=1S/C10H18O4/c1-2-3-4-5-8(11)6-7-9(12)10(13)14/h8,11H,2-7H2,1H3,(H,13,14). The summed E-state index contributed by atoms with van der Waals surface area (Å²) in [5.41, 5.74) is 0. The molecule has 0 radical (unpaired) electrons. The van der Waals surface area contributed by atoms with Crippen molar-refractivity contribution in [3.8, 4) is 0 Å². The van der Waals surface area contributed by atoms with E-state index >= 15 is 0 Å². The quantitative estimate of drug-likeness (QED) is 0.460. The summed E-state index contributed by atoms with van der Waals surface area (Å²) < 4.78 is 0. The number of carbonyl (C=O) groups is 2. The van der Waals surface area contributed by atoms with E-state index in [1.54, 1.807) is 0 Å². The number of aliphatic hydroxyl groups is 1. The van der Waals surface area contributed by atoms with Crippen molar-refractivity contribution in [3.05, 3.63) is 0 Å². The van der Waals surface area contributed by atoms with E-state index in [0.717, 1.165) is 19.3 Å². The van der Waals surface area contributed by atoms with Crippen LogP contribution in [0.15, 0.2) is 0 Å². The van der Waals surface area contributed by atoms with Gasteiger partial charge < -0.3 is 10.2 Å². The zero-order chi connectivity index (χ0) is 11.0. The van der Waals surface area contributed by atoms with Crippen molar-refractivity contribution in [2.75, 3.05) is 0 Å². The molecule has 0 amide bonds. The Balaban J connectivity index is 3.48. The third-order valence-electron chi connectivity index (χ3n) is 2.08. The summed E-state index contributed by atoms with van der Waals surface area (Å²) >= 11 is 0. The monoisotopic (exact) mass is 202 g/mol. The molecule has 1 unspecified atom stereocenters. The van der Waals surface area contributed by atoms with Gasteiger partial charge in [-0.3, -0.25) is 4.79 Å². The molecule has 0 bridgehead atoms. The number of aliphatic hydroxyl groups excluding tert-OH is 1. The second-order valence-electron chi connectivity index (χ2n) is 3.42. The van der Waals surface area contributed by atoms with Gasteiger partial charge in [0.1, 0.15) is 0 Å². The number of unbranched alkanes of at least 4 members (excludes halogenated alkanes) is 2. The van der Waals surface area contributed by atoms with E-state index in [1.165, 1.54) is 0 Å². The van der Waals surface area contributed by atoms with E-state index in [1.807, 2.05) is 0 Å². The summed E-state index contributed by atoms with van der Waals surface area (Å²) in [5.74, 6) is -2.23. The Morgan fingerprint density at radius 2 is 1.86 bits per heavy atom. The van der Waals surface area contributed by atoms with Gasteiger partial charge in [-0.15, -0.1) is 0 Å². The van der Waals surface area contributed by atoms with Gasteiger partial charge in [-0.2, -0.15) is 0 Å². The lowest BCUT2D eigenvalue weighted by Crippen LogP contribution is -2.16. The third kappa shape index (κ3) is 6.60. The topological polar surface area (TPSA) is 74.6 Å². The van der Waals surface area contributed by atoms with Gasteiger partial charge in [0.25, 0.3) is 0 Å². The first-order valence-electron chi connectivity index (χ1n) is 5.02. The van der Waals surface area contributed by atoms with E-state index in [2.05, 4.69) is 6.92 Å². The highest BCUT2D eigenvalue weighted by atomic mass is 16.4. The Labute approximate surface area is 83.9 Å². The van der Waals surface area contributed by atoms with Gasteiger partial charge in [-0.1, -0.05) is 26.2 Å². The Morgan fingerprint density at radius 1 is 1.21 bits per heavy atom. The maximum Gasteiger partial charge on any atom is 0.372 e. The normalized spacial score (nSPS) is 12.4. The summed E-state index contributed by atoms with van der Waals surface area (Å²) in [4.78, 5) is 20.8. The maximum absolute atomic E-state index is 10.7. The van der Waals surface area contributed by atoms with Gasteiger partial charge in [0.15, 0.2) is 0 Å². The Kier molecular flexibility index (Phi) is 7.02. The molecule has 0 saturated heterocycles. The van der Waals surface area contributed by atoms with Crippen LogP contribution in [0.25, 0.3) is 0 Å². The lowest BCUT2D eigenvalue weighted by Gasteiger charge is -2.07. The molecule has 0 aromatic rings. The van der Waals surface area contributed by atoms with E-state index in [-0.39, 0.29) is 12.8 Å². The molecule has 0 aliphatic rings. The minimum Gasteiger partial charge on any atom is -0.476 e. The summed E-state index contributed by atoms with van der Waals surface area (Å²) in [7, 11) is 0. The van der Waals surface area contributed by atoms with Crippen LogP contribution < -0.4 is 0 Å². The van der Waals surface area contributed by atoms with Crippen molar-refractivity contribution in [3.63, 3.8) is 0 Å². The highest BCUT2D eigenvalue weighted by Gasteiger charge is 2.13. The van der Waals surface area contributed by atoms with Gasteiger partial charge in [0.05, 0.1) is 6.10 Å². The lowest BCUT2D eigenvalue weighted by atomic mass is 10.1. The predicted octanol–water partition coefficient (Wildman–Crippen LogP) is 1.36. The van der Waals surface area contributed by atoms with Crippen LogP contribution in [-0.2, 0) is 9.59 Å². The minimum absolute atomic E-state index is 0.0668. The first-order chi connectivity index (χ1) is 6.57. The fourth-order valence-corrected chi connectivity index (χ4v) is 1.18. The smallest absolute Gasteiger partial charge is 0.372 e. The van der Waals surface area contributed by atoms with Crippen molar-refractivity contribution in [1.82, 2.24) is 0 Å². The highest BCUT2D eigenvalue weighted by Crippen LogP contribution is 2.08. The molecule has 0 aliphatic heterocycles. The molecule has 4 nitrogen and oxygen atoms in total. The fraction of sp³-hybridized carbons (Fsp3) is 0.800. The number of carbonyl (C=O) groups excluding carboxylic acids is 1. The molecule has 0 rings (SSSR count). The number of Topliss-reactive ketones (excluding diaryl/α,β-unsaturated/α-hetero) is 1. The zero-order valence-corrected chi connectivity index (χ0v) is 8.53. The number of carboxylic acids is 1. The van der Waals surface area contributed by atoms with Gasteiger partial charge in [-0.25, -0.2) is 4.79 Å². The number of hydrogen-bond acceptors (Lipinski definition) is 3. The molecule has 82 valence electrons. The number of rotatable bonds is 8. The molecule has 0 aromatic carbocycles. The summed E-state index contributed by atoms with van der Waals surface area (Å²) in [6.07, 6.45) is 3.38. The van der Waals surface area contributed by atoms with Crippen LogP contribution >= 0.6 is 0 Å². The highest BCUT2D eigenvalue weighted by molar-refractivity contribution is 6.32. The Bertz CT molecular complexity index is 189. The van der Waals surface area contributed by atoms with E-state index in [0.29, 0.717) is 6.42 Å². The van der Waals surface area contributed by atoms with E-state index in [4.69, 9.17) is 5.11 Å². The Hall–Kier alpha value is -0.900. The molecule has 14 heavy (non-hydrogen) atoms.